The summed E-state index contributed by atoms with van der Waals surface area (Å²) in [6.45, 7) is 17.0. The molecular formula is C26H44N4O7. The first-order chi connectivity index (χ1) is 16.9. The minimum absolute atomic E-state index is 0.103. The van der Waals surface area contributed by atoms with E-state index in [2.05, 4.69) is 15.5 Å². The van der Waals surface area contributed by atoms with Gasteiger partial charge in [0, 0.05) is 6.54 Å². The van der Waals surface area contributed by atoms with Crippen LogP contribution in [0.5, 0.6) is 0 Å². The molecule has 37 heavy (non-hydrogen) atoms. The van der Waals surface area contributed by atoms with Crippen LogP contribution in [0.1, 0.15) is 75.2 Å². The number of hydrogen-bond acceptors (Lipinski definition) is 7. The maximum Gasteiger partial charge on any atom is 0.408 e. The van der Waals surface area contributed by atoms with Crippen molar-refractivity contribution in [3.63, 3.8) is 0 Å². The summed E-state index contributed by atoms with van der Waals surface area (Å²) in [5, 5.41) is 5.42. The molecule has 3 N–H and O–H groups in total. The number of alkyl carbamates (subject to hydrolysis) is 1. The summed E-state index contributed by atoms with van der Waals surface area (Å²) in [4.78, 5) is 70.8. The van der Waals surface area contributed by atoms with E-state index >= 15 is 0 Å². The molecule has 0 aromatic rings. The van der Waals surface area contributed by atoms with Gasteiger partial charge < -0.3 is 20.3 Å². The Balaban J connectivity index is 2.31. The van der Waals surface area contributed by atoms with Gasteiger partial charge in [-0.2, -0.15) is 0 Å². The zero-order chi connectivity index (χ0) is 28.5. The Morgan fingerprint density at radius 2 is 1.62 bits per heavy atom. The van der Waals surface area contributed by atoms with Crippen molar-refractivity contribution < 1.29 is 33.5 Å². The zero-order valence-electron chi connectivity index (χ0n) is 23.8. The first-order valence-corrected chi connectivity index (χ1v) is 12.8. The SMILES string of the molecule is CCCC(NC(=O)C1C2C(CN1C(=O)C(NC(=O)OC(C)(C)C)C(C)(C)C)C2(C)C)C(=O)C(=O)NOC. The normalized spacial score (nSPS) is 23.8. The van der Waals surface area contributed by atoms with Gasteiger partial charge in [0.1, 0.15) is 17.7 Å². The largest absolute Gasteiger partial charge is 0.444 e. The van der Waals surface area contributed by atoms with Crippen LogP contribution in [0, 0.1) is 22.7 Å². The summed E-state index contributed by atoms with van der Waals surface area (Å²) >= 11 is 0. The molecule has 5 unspecified atom stereocenters. The molecule has 2 aliphatic rings. The predicted octanol–water partition coefficient (Wildman–Crippen LogP) is 1.94. The Bertz CT molecular complexity index is 919. The molecule has 0 aromatic heterocycles. The fraction of sp³-hybridized carbons (Fsp3) is 0.808. The molecule has 1 heterocycles. The van der Waals surface area contributed by atoms with Gasteiger partial charge >= 0.3 is 12.0 Å². The van der Waals surface area contributed by atoms with Gasteiger partial charge in [-0.3, -0.25) is 24.0 Å². The Morgan fingerprint density at radius 1 is 1.03 bits per heavy atom. The number of ketones is 1. The lowest BCUT2D eigenvalue weighted by Crippen LogP contribution is -2.60. The Labute approximate surface area is 219 Å². The van der Waals surface area contributed by atoms with Gasteiger partial charge in [0.25, 0.3) is 0 Å². The monoisotopic (exact) mass is 524 g/mol. The van der Waals surface area contributed by atoms with E-state index < -0.39 is 58.7 Å². The van der Waals surface area contributed by atoms with Crippen molar-refractivity contribution in [2.24, 2.45) is 22.7 Å². The Morgan fingerprint density at radius 3 is 2.11 bits per heavy atom. The molecular weight excluding hydrogens is 480 g/mol. The Hall–Kier alpha value is -2.69. The van der Waals surface area contributed by atoms with E-state index in [1.807, 2.05) is 47.0 Å². The molecule has 0 radical (unpaired) electrons. The molecule has 0 bridgehead atoms. The van der Waals surface area contributed by atoms with Crippen LogP contribution in [-0.4, -0.2) is 71.9 Å². The molecule has 5 atom stereocenters. The van der Waals surface area contributed by atoms with Crippen molar-refractivity contribution in [2.75, 3.05) is 13.7 Å². The number of hydrogen-bond donors (Lipinski definition) is 3. The highest BCUT2D eigenvalue weighted by atomic mass is 16.6. The second kappa shape index (κ2) is 11.0. The maximum atomic E-state index is 13.9. The minimum Gasteiger partial charge on any atom is -0.444 e. The van der Waals surface area contributed by atoms with Crippen LogP contribution in [0.2, 0.25) is 0 Å². The fourth-order valence-corrected chi connectivity index (χ4v) is 5.17. The lowest BCUT2D eigenvalue weighted by Gasteiger charge is -2.38. The van der Waals surface area contributed by atoms with Crippen molar-refractivity contribution in [2.45, 2.75) is 98.9 Å². The van der Waals surface area contributed by atoms with Crippen LogP contribution < -0.4 is 16.1 Å². The van der Waals surface area contributed by atoms with E-state index in [0.717, 1.165) is 0 Å². The van der Waals surface area contributed by atoms with Crippen molar-refractivity contribution in [1.29, 1.82) is 0 Å². The molecule has 0 spiro atoms. The van der Waals surface area contributed by atoms with Crippen LogP contribution in [0.3, 0.4) is 0 Å². The van der Waals surface area contributed by atoms with Crippen LogP contribution >= 0.6 is 0 Å². The number of rotatable bonds is 9. The van der Waals surface area contributed by atoms with E-state index in [1.54, 1.807) is 20.8 Å². The third kappa shape index (κ3) is 7.00. The van der Waals surface area contributed by atoms with Crippen molar-refractivity contribution in [1.82, 2.24) is 21.0 Å². The average Bonchev–Trinajstić information content (AvgIpc) is 3.08. The molecule has 1 aliphatic heterocycles. The number of fused-ring (bicyclic) bond motifs is 1. The molecule has 1 aliphatic carbocycles. The number of amides is 4. The summed E-state index contributed by atoms with van der Waals surface area (Å²) in [5.74, 6) is -2.67. The predicted molar refractivity (Wildman–Crippen MR) is 136 cm³/mol. The summed E-state index contributed by atoms with van der Waals surface area (Å²) in [5.41, 5.74) is 0.420. The molecule has 4 amide bonds. The van der Waals surface area contributed by atoms with Gasteiger partial charge in [-0.25, -0.2) is 10.3 Å². The number of likely N-dealkylation sites (tertiary alicyclic amines) is 1. The van der Waals surface area contributed by atoms with E-state index in [1.165, 1.54) is 12.0 Å². The van der Waals surface area contributed by atoms with Gasteiger partial charge in [-0.15, -0.1) is 0 Å². The maximum absolute atomic E-state index is 13.9. The van der Waals surface area contributed by atoms with Crippen LogP contribution in [0.4, 0.5) is 4.79 Å². The van der Waals surface area contributed by atoms with Gasteiger partial charge in [0.15, 0.2) is 0 Å². The minimum atomic E-state index is -1.05. The smallest absolute Gasteiger partial charge is 0.408 e. The fourth-order valence-electron chi connectivity index (χ4n) is 5.17. The first-order valence-electron chi connectivity index (χ1n) is 12.8. The Kier molecular flexibility index (Phi) is 9.05. The number of ether oxygens (including phenoxy) is 1. The van der Waals surface area contributed by atoms with Gasteiger partial charge in [-0.05, 0) is 49.9 Å². The topological polar surface area (TPSA) is 143 Å². The number of carbonyl (C=O) groups is 5. The number of nitrogens with zero attached hydrogens (tertiary/aromatic N) is 1. The highest BCUT2D eigenvalue weighted by Crippen LogP contribution is 2.65. The molecule has 210 valence electrons. The van der Waals surface area contributed by atoms with E-state index in [-0.39, 0.29) is 23.7 Å². The molecule has 2 fully saturated rings. The van der Waals surface area contributed by atoms with Crippen molar-refractivity contribution in [3.8, 4) is 0 Å². The first kappa shape index (κ1) is 30.5. The molecule has 11 heteroatoms. The second-order valence-corrected chi connectivity index (χ2v) is 12.7. The van der Waals surface area contributed by atoms with Crippen molar-refractivity contribution in [3.05, 3.63) is 0 Å². The lowest BCUT2D eigenvalue weighted by molar-refractivity contribution is -0.147. The summed E-state index contributed by atoms with van der Waals surface area (Å²) in [7, 11) is 1.22. The highest BCUT2D eigenvalue weighted by Gasteiger charge is 2.69. The molecule has 1 saturated heterocycles. The summed E-state index contributed by atoms with van der Waals surface area (Å²) in [6.07, 6.45) is 0.0856. The number of Topliss-reactive ketones (excluding diaryl/α,β-unsaturated/α-hetero) is 1. The zero-order valence-corrected chi connectivity index (χ0v) is 23.8. The van der Waals surface area contributed by atoms with E-state index in [9.17, 15) is 24.0 Å². The molecule has 2 rings (SSSR count). The van der Waals surface area contributed by atoms with Crippen LogP contribution in [-0.2, 0) is 28.8 Å². The number of carbonyl (C=O) groups excluding carboxylic acids is 5. The molecule has 1 saturated carbocycles. The third-order valence-electron chi connectivity index (χ3n) is 7.16. The summed E-state index contributed by atoms with van der Waals surface area (Å²) < 4.78 is 5.38. The van der Waals surface area contributed by atoms with E-state index in [0.29, 0.717) is 13.0 Å². The quantitative estimate of drug-likeness (QED) is 0.309. The van der Waals surface area contributed by atoms with Crippen LogP contribution in [0.15, 0.2) is 0 Å². The summed E-state index contributed by atoms with van der Waals surface area (Å²) in [6, 6.07) is -2.84. The number of piperidine rings is 1. The second-order valence-electron chi connectivity index (χ2n) is 12.7. The molecule has 11 nitrogen and oxygen atoms in total. The lowest BCUT2D eigenvalue weighted by atomic mass is 9.85. The van der Waals surface area contributed by atoms with Crippen LogP contribution in [0.25, 0.3) is 0 Å². The van der Waals surface area contributed by atoms with E-state index in [4.69, 9.17) is 4.74 Å². The average molecular weight is 525 g/mol. The third-order valence-corrected chi connectivity index (χ3v) is 7.16. The number of nitrogens with one attached hydrogen (secondary N) is 3. The van der Waals surface area contributed by atoms with Gasteiger partial charge in [0.2, 0.25) is 17.6 Å². The van der Waals surface area contributed by atoms with Gasteiger partial charge in [-0.1, -0.05) is 48.0 Å². The van der Waals surface area contributed by atoms with Crippen molar-refractivity contribution >= 4 is 29.6 Å². The standard InChI is InChI=1S/C26H44N4O7/c1-11-12-15(18(31)21(33)29-36-10)27-20(32)17-16-14(26(16,8)9)13-30(17)22(34)19(24(2,3)4)28-23(35)37-25(5,6)7/h14-17,19H,11-13H2,1-10H3,(H,27,32)(H,28,35)(H,29,33). The molecule has 0 aromatic carbocycles. The highest BCUT2D eigenvalue weighted by molar-refractivity contribution is 6.38. The van der Waals surface area contributed by atoms with Gasteiger partial charge in [0.05, 0.1) is 13.2 Å². The number of hydroxylamine groups is 1.